The molecule has 0 aromatic carbocycles. The minimum atomic E-state index is -1.20. The van der Waals surface area contributed by atoms with Crippen molar-refractivity contribution in [1.29, 1.82) is 0 Å². The summed E-state index contributed by atoms with van der Waals surface area (Å²) in [5.74, 6) is -4.84. The smallest absolute Gasteiger partial charge is 0.480 e. The zero-order valence-corrected chi connectivity index (χ0v) is 28.0. The van der Waals surface area contributed by atoms with Crippen LogP contribution >= 0.6 is 0 Å². The molecule has 249 valence electrons. The van der Waals surface area contributed by atoms with E-state index < -0.39 is 37.0 Å². The molecule has 0 amide bonds. The predicted octanol–water partition coefficient (Wildman–Crippen LogP) is 2.87. The molecule has 0 aliphatic heterocycles. The molecule has 0 atom stereocenters. The number of unbranched alkanes of at least 4 members (excludes halogenated alkanes) is 10. The molecule has 0 aromatic rings. The average Bonchev–Trinajstić information content (AvgIpc) is 2.89. The Morgan fingerprint density at radius 2 is 0.837 bits per heavy atom. The van der Waals surface area contributed by atoms with Crippen LogP contribution in [-0.4, -0.2) is 130 Å². The number of aliphatic carboxylic acids is 4. The van der Waals surface area contributed by atoms with Crippen molar-refractivity contribution in [1.82, 2.24) is 14.7 Å². The number of carboxylic acids is 4. The van der Waals surface area contributed by atoms with Gasteiger partial charge in [0, 0.05) is 39.1 Å². The molecular weight excluding hydrogens is 708 g/mol. The van der Waals surface area contributed by atoms with Crippen LogP contribution in [0.5, 0.6) is 0 Å². The molecule has 0 rings (SSSR count). The maximum absolute atomic E-state index is 12.0. The van der Waals surface area contributed by atoms with Gasteiger partial charge in [0.2, 0.25) is 0 Å². The van der Waals surface area contributed by atoms with E-state index in [1.54, 1.807) is 4.90 Å². The number of hydrogen-bond donors (Lipinski definition) is 4. The molecule has 0 spiro atoms. The van der Waals surface area contributed by atoms with E-state index in [-0.39, 0.29) is 91.8 Å². The molecule has 0 aliphatic rings. The van der Waals surface area contributed by atoms with E-state index in [2.05, 4.69) is 6.92 Å². The van der Waals surface area contributed by atoms with Gasteiger partial charge in [0.1, 0.15) is 0 Å². The maximum Gasteiger partial charge on any atom is 3.00 e. The van der Waals surface area contributed by atoms with Crippen molar-refractivity contribution in [2.75, 3.05) is 65.5 Å². The van der Waals surface area contributed by atoms with Gasteiger partial charge in [0.25, 0.3) is 0 Å². The summed E-state index contributed by atoms with van der Waals surface area (Å²) in [5.41, 5.74) is 0. The Bertz CT molecular complexity index is 772. The minimum Gasteiger partial charge on any atom is -0.480 e. The fraction of sp³-hybridized carbons (Fsp3) is 0.828. The normalized spacial score (nSPS) is 11.1. The van der Waals surface area contributed by atoms with Crippen LogP contribution < -0.4 is 0 Å². The quantitative estimate of drug-likeness (QED) is 0.0620. The van der Waals surface area contributed by atoms with E-state index in [0.29, 0.717) is 19.4 Å². The van der Waals surface area contributed by atoms with Crippen molar-refractivity contribution in [3.63, 3.8) is 0 Å². The summed E-state index contributed by atoms with van der Waals surface area (Å²) in [5, 5.41) is 36.5. The van der Waals surface area contributed by atoms with Crippen LogP contribution in [-0.2, 0) is 28.7 Å². The Morgan fingerprint density at radius 1 is 0.488 bits per heavy atom. The number of hydrogen-bond acceptors (Lipinski definition) is 9. The van der Waals surface area contributed by atoms with Crippen molar-refractivity contribution in [3.8, 4) is 0 Å². The molecule has 0 heterocycles. The summed E-state index contributed by atoms with van der Waals surface area (Å²) in [6, 6.07) is 0. The summed E-state index contributed by atoms with van der Waals surface area (Å²) in [6.45, 7) is 1.53. The molecule has 0 unspecified atom stereocenters. The van der Waals surface area contributed by atoms with Gasteiger partial charge in [-0.15, -0.1) is 0 Å². The molecule has 43 heavy (non-hydrogen) atoms. The van der Waals surface area contributed by atoms with Gasteiger partial charge in [-0.25, -0.2) is 0 Å². The first-order valence-electron chi connectivity index (χ1n) is 15.2. The second-order valence-corrected chi connectivity index (χ2v) is 10.7. The zero-order valence-electron chi connectivity index (χ0n) is 25.7. The molecule has 0 saturated heterocycles. The molecule has 0 bridgehead atoms. The summed E-state index contributed by atoms with van der Waals surface area (Å²) in [4.78, 5) is 61.0. The van der Waals surface area contributed by atoms with Gasteiger partial charge in [0.05, 0.1) is 32.8 Å². The van der Waals surface area contributed by atoms with Crippen molar-refractivity contribution >= 4 is 29.8 Å². The van der Waals surface area contributed by atoms with Crippen LogP contribution in [0.15, 0.2) is 0 Å². The van der Waals surface area contributed by atoms with Crippen LogP contribution in [0.4, 0.5) is 0 Å². The first-order valence-corrected chi connectivity index (χ1v) is 15.2. The maximum atomic E-state index is 12.0. The third-order valence-electron chi connectivity index (χ3n) is 6.77. The number of carbonyl (C=O) groups is 5. The van der Waals surface area contributed by atoms with E-state index >= 15 is 0 Å². The molecule has 0 aromatic heterocycles. The number of nitrogens with zero attached hydrogens (tertiary/aromatic N) is 3. The number of rotatable bonds is 30. The molecular formula is C29H53GdN3O10+3. The van der Waals surface area contributed by atoms with E-state index in [9.17, 15) is 34.2 Å². The van der Waals surface area contributed by atoms with Gasteiger partial charge in [-0.1, -0.05) is 71.1 Å². The van der Waals surface area contributed by atoms with Gasteiger partial charge < -0.3 is 25.2 Å². The SMILES string of the molecule is CCCCCCCCCCCCCC(=O)OCCCN(CCN(CCN(CC(=O)O)CC(=O)O)CC(=O)O)CC(=O)O.[Gd+3]. The molecule has 0 aliphatic carbocycles. The Labute approximate surface area is 288 Å². The zero-order chi connectivity index (χ0) is 31.6. The summed E-state index contributed by atoms with van der Waals surface area (Å²) >= 11 is 0. The standard InChI is InChI=1S/C29H53N3O10.Gd/c1-2-3-4-5-6-7-8-9-10-11-12-14-29(41)42-20-13-15-30(21-25(33)34)16-17-31(22-26(35)36)18-19-32(23-27(37)38)24-28(39)40;/h2-24H2,1H3,(H,33,34)(H,35,36)(H,37,38)(H,39,40);/q;+3. The Hall–Kier alpha value is -1.45. The second-order valence-electron chi connectivity index (χ2n) is 10.7. The Morgan fingerprint density at radius 3 is 1.26 bits per heavy atom. The molecule has 0 fully saturated rings. The number of ether oxygens (including phenoxy) is 1. The van der Waals surface area contributed by atoms with Crippen LogP contribution in [0.1, 0.15) is 90.4 Å². The average molecular weight is 761 g/mol. The molecule has 0 saturated carbocycles. The fourth-order valence-electron chi connectivity index (χ4n) is 4.56. The van der Waals surface area contributed by atoms with Crippen molar-refractivity contribution < 1.29 is 89.1 Å². The van der Waals surface area contributed by atoms with Gasteiger partial charge in [-0.05, 0) is 12.8 Å². The van der Waals surface area contributed by atoms with Gasteiger partial charge in [-0.2, -0.15) is 0 Å². The third-order valence-corrected chi connectivity index (χ3v) is 6.77. The van der Waals surface area contributed by atoms with Crippen molar-refractivity contribution in [2.45, 2.75) is 90.4 Å². The first kappa shape index (κ1) is 43.7. The Balaban J connectivity index is 0. The largest absolute Gasteiger partial charge is 3.00 e. The van der Waals surface area contributed by atoms with E-state index in [0.717, 1.165) is 19.3 Å². The fourth-order valence-corrected chi connectivity index (χ4v) is 4.56. The Kier molecular flexibility index (Phi) is 29.7. The van der Waals surface area contributed by atoms with Crippen LogP contribution in [0, 0.1) is 39.9 Å². The predicted molar refractivity (Wildman–Crippen MR) is 157 cm³/mol. The number of esters is 1. The van der Waals surface area contributed by atoms with Gasteiger partial charge in [-0.3, -0.25) is 38.7 Å². The first-order chi connectivity index (χ1) is 20.0. The molecule has 4 N–H and O–H groups in total. The van der Waals surface area contributed by atoms with E-state index in [1.807, 2.05) is 0 Å². The van der Waals surface area contributed by atoms with E-state index in [4.69, 9.17) is 14.9 Å². The number of carboxylic acid groups (broad SMARTS) is 4. The van der Waals surface area contributed by atoms with Crippen LogP contribution in [0.2, 0.25) is 0 Å². The molecule has 1 radical (unpaired) electrons. The summed E-state index contributed by atoms with van der Waals surface area (Å²) in [7, 11) is 0. The molecule has 14 heteroatoms. The summed E-state index contributed by atoms with van der Waals surface area (Å²) < 4.78 is 5.29. The van der Waals surface area contributed by atoms with Gasteiger partial charge in [0.15, 0.2) is 0 Å². The summed E-state index contributed by atoms with van der Waals surface area (Å²) in [6.07, 6.45) is 13.9. The van der Waals surface area contributed by atoms with Crippen molar-refractivity contribution in [2.24, 2.45) is 0 Å². The molecule has 13 nitrogen and oxygen atoms in total. The van der Waals surface area contributed by atoms with Gasteiger partial charge >= 0.3 is 69.8 Å². The third kappa shape index (κ3) is 30.4. The number of carbonyl (C=O) groups excluding carboxylic acids is 1. The topological polar surface area (TPSA) is 185 Å². The minimum absolute atomic E-state index is 0. The van der Waals surface area contributed by atoms with Crippen LogP contribution in [0.25, 0.3) is 0 Å². The van der Waals surface area contributed by atoms with Crippen molar-refractivity contribution in [3.05, 3.63) is 0 Å². The van der Waals surface area contributed by atoms with E-state index in [1.165, 1.54) is 61.2 Å². The monoisotopic (exact) mass is 761 g/mol. The second kappa shape index (κ2) is 29.3. The van der Waals surface area contributed by atoms with Crippen LogP contribution in [0.3, 0.4) is 0 Å².